The number of pyridine rings is 1. The van der Waals surface area contributed by atoms with E-state index >= 15 is 0 Å². The van der Waals surface area contributed by atoms with Crippen LogP contribution in [0.4, 0.5) is 9.80 Å². The Kier molecular flexibility index (Phi) is 7.05. The Morgan fingerprint density at radius 1 is 1.41 bits per heavy atom. The molecule has 1 fully saturated rings. The van der Waals surface area contributed by atoms with Gasteiger partial charge in [0.2, 0.25) is 5.91 Å². The molecule has 0 radical (unpaired) electrons. The predicted octanol–water partition coefficient (Wildman–Crippen LogP) is 4.48. The Labute approximate surface area is 192 Å². The summed E-state index contributed by atoms with van der Waals surface area (Å²) in [6, 6.07) is 6.12. The molecule has 3 heterocycles. The van der Waals surface area contributed by atoms with E-state index < -0.39 is 0 Å². The van der Waals surface area contributed by atoms with Gasteiger partial charge in [0.15, 0.2) is 0 Å². The molecule has 1 saturated heterocycles. The fourth-order valence-corrected chi connectivity index (χ4v) is 5.75. The number of aromatic nitrogens is 1. The number of hydrogen-bond acceptors (Lipinski definition) is 6. The molecule has 0 spiro atoms. The maximum atomic E-state index is 12.6. The predicted molar refractivity (Wildman–Crippen MR) is 123 cm³/mol. The molecule has 2 atom stereocenters. The van der Waals surface area contributed by atoms with Crippen LogP contribution in [0.1, 0.15) is 60.1 Å². The van der Waals surface area contributed by atoms with Crippen molar-refractivity contribution in [3.8, 4) is 6.07 Å². The number of carbonyl (C=O) groups excluding carboxylic acids is 2. The van der Waals surface area contributed by atoms with Crippen LogP contribution in [0.5, 0.6) is 0 Å². The molecule has 2 unspecified atom stereocenters. The highest BCUT2D eigenvalue weighted by Gasteiger charge is 2.28. The minimum atomic E-state index is -0.215. The molecular weight excluding hydrogens is 424 g/mol. The Morgan fingerprint density at radius 2 is 2.22 bits per heavy atom. The Balaban J connectivity index is 1.36. The lowest BCUT2D eigenvalue weighted by Gasteiger charge is -2.23. The molecule has 1 aliphatic heterocycles. The fraction of sp³-hybridized carbons (Fsp3) is 0.500. The molecule has 2 aliphatic rings. The van der Waals surface area contributed by atoms with Crippen LogP contribution in [0.15, 0.2) is 24.5 Å². The summed E-state index contributed by atoms with van der Waals surface area (Å²) in [6.45, 7) is 3.97. The number of likely N-dealkylation sites (tertiary alicyclic amines) is 1. The molecular formula is C24H28N4O3S. The van der Waals surface area contributed by atoms with Gasteiger partial charge in [-0.15, -0.1) is 11.3 Å². The second-order valence-electron chi connectivity index (χ2n) is 8.64. The van der Waals surface area contributed by atoms with E-state index in [-0.39, 0.29) is 23.8 Å². The van der Waals surface area contributed by atoms with E-state index in [0.29, 0.717) is 23.6 Å². The van der Waals surface area contributed by atoms with Crippen molar-refractivity contribution in [1.82, 2.24) is 9.88 Å². The van der Waals surface area contributed by atoms with Crippen LogP contribution in [0.25, 0.3) is 0 Å². The monoisotopic (exact) mass is 452 g/mol. The van der Waals surface area contributed by atoms with Gasteiger partial charge in [-0.3, -0.25) is 9.78 Å². The van der Waals surface area contributed by atoms with Gasteiger partial charge in [0.05, 0.1) is 12.2 Å². The first kappa shape index (κ1) is 22.3. The maximum absolute atomic E-state index is 12.6. The first-order valence-electron chi connectivity index (χ1n) is 11.2. The zero-order valence-electron chi connectivity index (χ0n) is 18.3. The van der Waals surface area contributed by atoms with E-state index in [2.05, 4.69) is 16.4 Å². The summed E-state index contributed by atoms with van der Waals surface area (Å²) in [5.74, 6) is 0.180. The van der Waals surface area contributed by atoms with Crippen LogP contribution >= 0.6 is 11.3 Å². The van der Waals surface area contributed by atoms with Crippen LogP contribution in [0.3, 0.4) is 0 Å². The number of fused-ring (bicyclic) bond motifs is 1. The first-order chi connectivity index (χ1) is 15.5. The molecule has 0 aromatic carbocycles. The number of nitriles is 1. The van der Waals surface area contributed by atoms with Gasteiger partial charge in [-0.05, 0) is 61.1 Å². The number of amides is 2. The summed E-state index contributed by atoms with van der Waals surface area (Å²) < 4.78 is 5.55. The molecule has 8 heteroatoms. The third kappa shape index (κ3) is 5.10. The topological polar surface area (TPSA) is 95.3 Å². The molecule has 7 nitrogen and oxygen atoms in total. The van der Waals surface area contributed by atoms with Crippen molar-refractivity contribution in [2.75, 3.05) is 25.0 Å². The minimum absolute atomic E-state index is 0.0403. The molecule has 2 amide bonds. The molecule has 0 saturated carbocycles. The average Bonchev–Trinajstić information content (AvgIpc) is 3.45. The Bertz CT molecular complexity index is 1010. The van der Waals surface area contributed by atoms with Crippen molar-refractivity contribution in [2.24, 2.45) is 5.92 Å². The molecule has 168 valence electrons. The number of rotatable bonds is 6. The van der Waals surface area contributed by atoms with E-state index in [0.717, 1.165) is 61.2 Å². The van der Waals surface area contributed by atoms with Crippen molar-refractivity contribution in [3.05, 3.63) is 46.1 Å². The SMILES string of the molecule is CC(CC(=O)Nc1sc2c(c1C#N)CCC(COC(=O)N1CCCC1)C2)c1cccnc1. The summed E-state index contributed by atoms with van der Waals surface area (Å²) >= 11 is 1.48. The van der Waals surface area contributed by atoms with Gasteiger partial charge in [-0.1, -0.05) is 13.0 Å². The van der Waals surface area contributed by atoms with Crippen LogP contribution in [-0.4, -0.2) is 41.6 Å². The summed E-state index contributed by atoms with van der Waals surface area (Å²) in [4.78, 5) is 31.8. The summed E-state index contributed by atoms with van der Waals surface area (Å²) in [5, 5.41) is 13.3. The number of hydrogen-bond donors (Lipinski definition) is 1. The van der Waals surface area contributed by atoms with Gasteiger partial charge >= 0.3 is 6.09 Å². The van der Waals surface area contributed by atoms with Gasteiger partial charge in [-0.2, -0.15) is 5.26 Å². The molecule has 2 aromatic rings. The maximum Gasteiger partial charge on any atom is 0.409 e. The second kappa shape index (κ2) is 10.1. The molecule has 32 heavy (non-hydrogen) atoms. The first-order valence-corrected chi connectivity index (χ1v) is 12.0. The van der Waals surface area contributed by atoms with E-state index in [4.69, 9.17) is 4.74 Å². The van der Waals surface area contributed by atoms with Crippen LogP contribution < -0.4 is 5.32 Å². The molecule has 2 aromatic heterocycles. The zero-order valence-corrected chi connectivity index (χ0v) is 19.1. The fourth-order valence-electron chi connectivity index (χ4n) is 4.42. The van der Waals surface area contributed by atoms with Crippen molar-refractivity contribution < 1.29 is 14.3 Å². The normalized spacial score (nSPS) is 18.5. The third-order valence-electron chi connectivity index (χ3n) is 6.28. The third-order valence-corrected chi connectivity index (χ3v) is 7.45. The lowest BCUT2D eigenvalue weighted by molar-refractivity contribution is -0.116. The average molecular weight is 453 g/mol. The lowest BCUT2D eigenvalue weighted by Crippen LogP contribution is -2.30. The smallest absolute Gasteiger partial charge is 0.409 e. The van der Waals surface area contributed by atoms with E-state index in [9.17, 15) is 14.9 Å². The highest BCUT2D eigenvalue weighted by Crippen LogP contribution is 2.39. The number of anilines is 1. The van der Waals surface area contributed by atoms with Crippen molar-refractivity contribution in [2.45, 2.75) is 51.4 Å². The van der Waals surface area contributed by atoms with Crippen LogP contribution in [0.2, 0.25) is 0 Å². The van der Waals surface area contributed by atoms with Gasteiger partial charge in [-0.25, -0.2) is 4.79 Å². The molecule has 1 aliphatic carbocycles. The van der Waals surface area contributed by atoms with Gasteiger partial charge in [0, 0.05) is 36.8 Å². The lowest BCUT2D eigenvalue weighted by atomic mass is 9.88. The van der Waals surface area contributed by atoms with Crippen LogP contribution in [-0.2, 0) is 22.4 Å². The summed E-state index contributed by atoms with van der Waals surface area (Å²) in [7, 11) is 0. The Hall–Kier alpha value is -2.92. The Morgan fingerprint density at radius 3 is 2.94 bits per heavy atom. The zero-order chi connectivity index (χ0) is 22.5. The quantitative estimate of drug-likeness (QED) is 0.697. The summed E-state index contributed by atoms with van der Waals surface area (Å²) in [6.07, 6.45) is 8.10. The summed E-state index contributed by atoms with van der Waals surface area (Å²) in [5.41, 5.74) is 2.63. The van der Waals surface area contributed by atoms with Crippen molar-refractivity contribution in [1.29, 1.82) is 5.26 Å². The highest BCUT2D eigenvalue weighted by molar-refractivity contribution is 7.16. The van der Waals surface area contributed by atoms with Gasteiger partial charge in [0.25, 0.3) is 0 Å². The van der Waals surface area contributed by atoms with Crippen molar-refractivity contribution >= 4 is 28.3 Å². The number of nitrogens with zero attached hydrogens (tertiary/aromatic N) is 3. The van der Waals surface area contributed by atoms with E-state index in [1.807, 2.05) is 19.1 Å². The molecule has 1 N–H and O–H groups in total. The number of thiophene rings is 1. The minimum Gasteiger partial charge on any atom is -0.449 e. The van der Waals surface area contributed by atoms with Crippen molar-refractivity contribution in [3.63, 3.8) is 0 Å². The largest absolute Gasteiger partial charge is 0.449 e. The van der Waals surface area contributed by atoms with E-state index in [1.54, 1.807) is 17.3 Å². The number of carbonyl (C=O) groups is 2. The highest BCUT2D eigenvalue weighted by atomic mass is 32.1. The van der Waals surface area contributed by atoms with Gasteiger partial charge in [0.1, 0.15) is 11.1 Å². The second-order valence-corrected chi connectivity index (χ2v) is 9.74. The van der Waals surface area contributed by atoms with Gasteiger partial charge < -0.3 is 15.0 Å². The van der Waals surface area contributed by atoms with E-state index in [1.165, 1.54) is 11.3 Å². The number of nitrogens with one attached hydrogen (secondary N) is 1. The molecule has 0 bridgehead atoms. The number of ether oxygens (including phenoxy) is 1. The van der Waals surface area contributed by atoms with Crippen LogP contribution in [0, 0.1) is 17.2 Å². The molecule has 4 rings (SSSR count). The standard InChI is InChI=1S/C24H28N4O3S/c1-16(18-5-4-8-26-14-18)11-22(29)27-23-20(13-25)19-7-6-17(12-21(19)32-23)15-31-24(30)28-9-2-3-10-28/h4-5,8,14,16-17H,2-3,6-7,9-12,15H2,1H3,(H,27,29).